The van der Waals surface area contributed by atoms with Crippen molar-refractivity contribution in [3.8, 4) is 5.75 Å². The van der Waals surface area contributed by atoms with Crippen molar-refractivity contribution >= 4 is 29.0 Å². The van der Waals surface area contributed by atoms with Gasteiger partial charge in [0.2, 0.25) is 0 Å². The molecule has 1 aromatic carbocycles. The number of imidazole rings is 1. The number of fused-ring (bicyclic) bond motifs is 1. The average Bonchev–Trinajstić information content (AvgIpc) is 3.57. The second-order valence-corrected chi connectivity index (χ2v) is 10.4. The molecule has 6 rings (SSSR count). The first-order chi connectivity index (χ1) is 18.9. The second kappa shape index (κ2) is 10.4. The molecule has 2 aliphatic heterocycles. The highest BCUT2D eigenvalue weighted by atomic mass is 16.6. The molecular formula is C26H31N7O6. The van der Waals surface area contributed by atoms with Gasteiger partial charge in [0.15, 0.2) is 23.8 Å². The Hall–Kier alpha value is -3.81. The van der Waals surface area contributed by atoms with Gasteiger partial charge >= 0.3 is 6.09 Å². The number of para-hydroxylation sites is 1. The van der Waals surface area contributed by atoms with Gasteiger partial charge in [-0.25, -0.2) is 19.7 Å². The smallest absolute Gasteiger partial charge is 0.410 e. The van der Waals surface area contributed by atoms with E-state index in [4.69, 9.17) is 15.2 Å². The predicted molar refractivity (Wildman–Crippen MR) is 137 cm³/mol. The van der Waals surface area contributed by atoms with Crippen LogP contribution in [0.3, 0.4) is 0 Å². The number of nitrogens with one attached hydrogen (secondary N) is 1. The number of piperidine rings is 1. The van der Waals surface area contributed by atoms with Crippen LogP contribution in [0.2, 0.25) is 0 Å². The number of carbonyl (C=O) groups excluding carboxylic acids is 2. The van der Waals surface area contributed by atoms with Crippen molar-refractivity contribution < 1.29 is 29.3 Å². The number of carbonyl (C=O) groups is 2. The van der Waals surface area contributed by atoms with E-state index in [0.29, 0.717) is 42.2 Å². The lowest BCUT2D eigenvalue weighted by atomic mass is 9.93. The Labute approximate surface area is 223 Å². The number of rotatable bonds is 6. The van der Waals surface area contributed by atoms with Gasteiger partial charge in [-0.1, -0.05) is 18.2 Å². The molecule has 0 bridgehead atoms. The predicted octanol–water partition coefficient (Wildman–Crippen LogP) is 0.760. The lowest BCUT2D eigenvalue weighted by Gasteiger charge is -2.31. The number of benzene rings is 1. The van der Waals surface area contributed by atoms with Gasteiger partial charge in [-0.3, -0.25) is 9.36 Å². The quantitative estimate of drug-likeness (QED) is 0.351. The van der Waals surface area contributed by atoms with Crippen molar-refractivity contribution in [2.75, 3.05) is 18.8 Å². The molecule has 0 spiro atoms. The van der Waals surface area contributed by atoms with Crippen molar-refractivity contribution in [2.24, 2.45) is 5.92 Å². The lowest BCUT2D eigenvalue weighted by molar-refractivity contribution is -0.137. The van der Waals surface area contributed by atoms with Gasteiger partial charge in [0.1, 0.15) is 29.3 Å². The van der Waals surface area contributed by atoms with Gasteiger partial charge in [-0.05, 0) is 43.7 Å². The number of hydrogen-bond donors (Lipinski definition) is 4. The highest BCUT2D eigenvalue weighted by molar-refractivity contribution is 5.83. The molecule has 4 atom stereocenters. The van der Waals surface area contributed by atoms with E-state index in [2.05, 4.69) is 20.3 Å². The molecule has 206 valence electrons. The van der Waals surface area contributed by atoms with Crippen LogP contribution in [0.5, 0.6) is 5.75 Å². The third-order valence-corrected chi connectivity index (χ3v) is 7.48. The number of anilines is 1. The van der Waals surface area contributed by atoms with Crippen molar-refractivity contribution in [1.29, 1.82) is 0 Å². The summed E-state index contributed by atoms with van der Waals surface area (Å²) >= 11 is 0. The van der Waals surface area contributed by atoms with Crippen molar-refractivity contribution in [2.45, 2.75) is 62.7 Å². The van der Waals surface area contributed by atoms with E-state index in [1.807, 2.05) is 18.2 Å². The Kier molecular flexibility index (Phi) is 6.79. The molecule has 3 aliphatic rings. The molecule has 3 fully saturated rings. The van der Waals surface area contributed by atoms with Crippen LogP contribution < -0.4 is 15.8 Å². The zero-order valence-corrected chi connectivity index (χ0v) is 21.2. The zero-order valence-electron chi connectivity index (χ0n) is 21.2. The van der Waals surface area contributed by atoms with Crippen LogP contribution in [-0.2, 0) is 16.0 Å². The number of aliphatic hydroxyl groups excluding tert-OH is 2. The highest BCUT2D eigenvalue weighted by Crippen LogP contribution is 2.33. The molecule has 1 aliphatic carbocycles. The van der Waals surface area contributed by atoms with Gasteiger partial charge in [0, 0.05) is 25.6 Å². The molecule has 13 nitrogen and oxygen atoms in total. The fourth-order valence-corrected chi connectivity index (χ4v) is 5.11. The third-order valence-electron chi connectivity index (χ3n) is 7.48. The molecule has 2 aromatic heterocycles. The Balaban J connectivity index is 1.12. The molecule has 4 heterocycles. The first-order valence-electron chi connectivity index (χ1n) is 13.2. The van der Waals surface area contributed by atoms with E-state index in [1.54, 1.807) is 17.0 Å². The fourth-order valence-electron chi connectivity index (χ4n) is 5.11. The van der Waals surface area contributed by atoms with Gasteiger partial charge in [-0.15, -0.1) is 0 Å². The molecule has 1 saturated carbocycles. The van der Waals surface area contributed by atoms with E-state index in [1.165, 1.54) is 10.9 Å². The van der Waals surface area contributed by atoms with Gasteiger partial charge in [0.25, 0.3) is 5.91 Å². The number of hydrogen-bond acceptors (Lipinski definition) is 10. The van der Waals surface area contributed by atoms with Crippen LogP contribution in [0.15, 0.2) is 36.7 Å². The van der Waals surface area contributed by atoms with Crippen LogP contribution in [0.1, 0.15) is 37.7 Å². The van der Waals surface area contributed by atoms with Gasteiger partial charge in [-0.2, -0.15) is 0 Å². The largest absolute Gasteiger partial charge is 0.415 e. The van der Waals surface area contributed by atoms with Crippen LogP contribution in [0.25, 0.3) is 11.2 Å². The Morgan fingerprint density at radius 2 is 1.82 bits per heavy atom. The lowest BCUT2D eigenvalue weighted by Crippen LogP contribution is -2.43. The summed E-state index contributed by atoms with van der Waals surface area (Å²) in [6.45, 7) is 1.10. The van der Waals surface area contributed by atoms with Crippen LogP contribution in [0, 0.1) is 5.92 Å². The zero-order chi connectivity index (χ0) is 27.1. The van der Waals surface area contributed by atoms with Gasteiger partial charge in [0.05, 0.1) is 6.33 Å². The molecule has 3 aromatic rings. The second-order valence-electron chi connectivity index (χ2n) is 10.4. The minimum atomic E-state index is -1.40. The number of aromatic nitrogens is 4. The van der Waals surface area contributed by atoms with E-state index in [-0.39, 0.29) is 23.9 Å². The van der Waals surface area contributed by atoms with E-state index < -0.39 is 30.4 Å². The maximum Gasteiger partial charge on any atom is 0.415 e. The minimum absolute atomic E-state index is 0.0926. The highest BCUT2D eigenvalue weighted by Gasteiger charge is 2.48. The molecule has 2 unspecified atom stereocenters. The number of aliphatic hydroxyl groups is 2. The summed E-state index contributed by atoms with van der Waals surface area (Å²) in [5.74, 6) is 0.975. The number of likely N-dealkylation sites (tertiary alicyclic amines) is 1. The van der Waals surface area contributed by atoms with E-state index >= 15 is 0 Å². The summed E-state index contributed by atoms with van der Waals surface area (Å²) in [6.07, 6.45) is -0.175. The van der Waals surface area contributed by atoms with Crippen molar-refractivity contribution in [3.63, 3.8) is 0 Å². The summed E-state index contributed by atoms with van der Waals surface area (Å²) in [4.78, 5) is 40.1. The summed E-state index contributed by atoms with van der Waals surface area (Å²) in [5, 5.41) is 24.0. The molecule has 5 N–H and O–H groups in total. The summed E-state index contributed by atoms with van der Waals surface area (Å²) in [6, 6.07) is 9.07. The number of nitrogens with two attached hydrogens (primary N) is 1. The Bertz CT molecular complexity index is 1360. The number of ether oxygens (including phenoxy) is 2. The number of amides is 2. The number of nitrogen functional groups attached to an aromatic ring is 1. The monoisotopic (exact) mass is 537 g/mol. The average molecular weight is 538 g/mol. The Morgan fingerprint density at radius 3 is 2.54 bits per heavy atom. The summed E-state index contributed by atoms with van der Waals surface area (Å²) < 4.78 is 12.7. The SMILES string of the molecule is Nc1nc(CC2CCN(C(=O)Oc3ccccc3)CC2)nc2c1ncn2[C@@H]1O[C@H](C(=O)NC2CC2)C(O)C1O. The Morgan fingerprint density at radius 1 is 1.08 bits per heavy atom. The molecule has 13 heteroatoms. The molecule has 2 amide bonds. The first-order valence-corrected chi connectivity index (χ1v) is 13.2. The minimum Gasteiger partial charge on any atom is -0.410 e. The van der Waals surface area contributed by atoms with Crippen molar-refractivity contribution in [3.05, 3.63) is 42.5 Å². The fraction of sp³-hybridized carbons (Fsp3) is 0.500. The topological polar surface area (TPSA) is 178 Å². The maximum atomic E-state index is 12.5. The number of nitrogens with zero attached hydrogens (tertiary/aromatic N) is 5. The summed E-state index contributed by atoms with van der Waals surface area (Å²) in [5.41, 5.74) is 6.88. The summed E-state index contributed by atoms with van der Waals surface area (Å²) in [7, 11) is 0. The van der Waals surface area contributed by atoms with Gasteiger partial charge < -0.3 is 35.6 Å². The van der Waals surface area contributed by atoms with E-state index in [0.717, 1.165) is 25.7 Å². The van der Waals surface area contributed by atoms with Crippen LogP contribution in [-0.4, -0.2) is 84.1 Å². The van der Waals surface area contributed by atoms with Crippen LogP contribution in [0.4, 0.5) is 10.6 Å². The standard InChI is InChI=1S/C26H31N7O6/c27-22-18-23(33(13-28-18)25-20(35)19(34)21(39-25)24(36)29-15-6-7-15)31-17(30-22)12-14-8-10-32(11-9-14)26(37)38-16-4-2-1-3-5-16/h1-5,13-15,19-21,25,34-35H,6-12H2,(H,29,36)(H2,27,30,31)/t19?,20?,21-,25+/m0/s1. The molecule has 0 radical (unpaired) electrons. The molecule has 39 heavy (non-hydrogen) atoms. The van der Waals surface area contributed by atoms with Crippen LogP contribution >= 0.6 is 0 Å². The molecular weight excluding hydrogens is 506 g/mol. The van der Waals surface area contributed by atoms with E-state index in [9.17, 15) is 19.8 Å². The first kappa shape index (κ1) is 25.5. The third kappa shape index (κ3) is 5.24. The maximum absolute atomic E-state index is 12.5. The normalized spacial score (nSPS) is 25.6. The van der Waals surface area contributed by atoms with Crippen molar-refractivity contribution in [1.82, 2.24) is 29.7 Å². The molecule has 2 saturated heterocycles.